The first-order valence-corrected chi connectivity index (χ1v) is 13.0. The Hall–Kier alpha value is -4.47. The number of anilines is 1. The molecule has 5 rings (SSSR count). The molecule has 3 heterocycles. The number of likely N-dealkylation sites (tertiary alicyclic amines) is 1. The molecule has 41 heavy (non-hydrogen) atoms. The highest BCUT2D eigenvalue weighted by Gasteiger charge is 2.48. The summed E-state index contributed by atoms with van der Waals surface area (Å²) < 4.78 is 35.3. The summed E-state index contributed by atoms with van der Waals surface area (Å²) in [5.74, 6) is -4.33. The zero-order valence-electron chi connectivity index (χ0n) is 21.8. The van der Waals surface area contributed by atoms with Crippen molar-refractivity contribution in [1.82, 2.24) is 14.9 Å². The minimum atomic E-state index is -3.45. The number of hydrogen-bond donors (Lipinski definition) is 3. The van der Waals surface area contributed by atoms with Crippen LogP contribution in [0.2, 0.25) is 0 Å². The van der Waals surface area contributed by atoms with Crippen molar-refractivity contribution < 1.29 is 33.3 Å². The summed E-state index contributed by atoms with van der Waals surface area (Å²) in [7, 11) is 0. The summed E-state index contributed by atoms with van der Waals surface area (Å²) in [6.07, 6.45) is 2.09. The van der Waals surface area contributed by atoms with Gasteiger partial charge in [0.2, 0.25) is 5.91 Å². The lowest BCUT2D eigenvalue weighted by Crippen LogP contribution is -2.57. The Morgan fingerprint density at radius 1 is 1.22 bits per heavy atom. The number of aliphatic hydroxyl groups excluding tert-OH is 2. The lowest BCUT2D eigenvalue weighted by atomic mass is 10.0. The number of piperidine rings is 1. The van der Waals surface area contributed by atoms with Crippen molar-refractivity contribution in [3.05, 3.63) is 72.2 Å². The van der Waals surface area contributed by atoms with Crippen LogP contribution in [0, 0.1) is 17.2 Å². The second-order valence-corrected chi connectivity index (χ2v) is 10.1. The normalized spacial score (nSPS) is 21.8. The lowest BCUT2D eigenvalue weighted by molar-refractivity contribution is -0.167. The summed E-state index contributed by atoms with van der Waals surface area (Å²) in [4.78, 5) is 33.9. The molecule has 1 saturated heterocycles. The average molecular weight is 564 g/mol. The quantitative estimate of drug-likeness (QED) is 0.379. The number of aromatic nitrogens is 2. The van der Waals surface area contributed by atoms with Gasteiger partial charge in [-0.1, -0.05) is 12.1 Å². The zero-order valence-corrected chi connectivity index (χ0v) is 21.8. The van der Waals surface area contributed by atoms with Gasteiger partial charge >= 0.3 is 5.92 Å². The molecule has 10 nitrogen and oxygen atoms in total. The highest BCUT2D eigenvalue weighted by Crippen LogP contribution is 2.47. The van der Waals surface area contributed by atoms with Crippen molar-refractivity contribution in [2.45, 2.75) is 36.9 Å². The first-order valence-electron chi connectivity index (χ1n) is 13.0. The van der Waals surface area contributed by atoms with E-state index in [9.17, 15) is 28.7 Å². The van der Waals surface area contributed by atoms with Gasteiger partial charge in [0.05, 0.1) is 18.7 Å². The van der Waals surface area contributed by atoms with E-state index in [-0.39, 0.29) is 42.0 Å². The number of ether oxygens (including phenoxy) is 1. The Morgan fingerprint density at radius 2 is 2.02 bits per heavy atom. The Kier molecular flexibility index (Phi) is 7.92. The smallest absolute Gasteiger partial charge is 0.301 e. The van der Waals surface area contributed by atoms with E-state index < -0.39 is 37.2 Å². The van der Waals surface area contributed by atoms with E-state index in [4.69, 9.17) is 9.84 Å². The summed E-state index contributed by atoms with van der Waals surface area (Å²) in [5.41, 5.74) is 2.29. The molecule has 3 aromatic rings. The molecule has 0 spiro atoms. The molecule has 4 atom stereocenters. The summed E-state index contributed by atoms with van der Waals surface area (Å²) in [6.45, 7) is -1.95. The van der Waals surface area contributed by atoms with Crippen LogP contribution in [0.1, 0.15) is 29.9 Å². The molecule has 1 aromatic carbocycles. The Balaban J connectivity index is 1.25. The monoisotopic (exact) mass is 563 g/mol. The van der Waals surface area contributed by atoms with Gasteiger partial charge in [-0.05, 0) is 59.4 Å². The van der Waals surface area contributed by atoms with Gasteiger partial charge in [0.15, 0.2) is 12.2 Å². The molecule has 2 aromatic heterocycles. The Labute approximate surface area is 234 Å². The molecular weight excluding hydrogens is 536 g/mol. The summed E-state index contributed by atoms with van der Waals surface area (Å²) in [6, 6.07) is 13.7. The fourth-order valence-electron chi connectivity index (χ4n) is 4.94. The van der Waals surface area contributed by atoms with Gasteiger partial charge in [-0.2, -0.15) is 5.26 Å². The van der Waals surface area contributed by atoms with Crippen molar-refractivity contribution in [2.75, 3.05) is 25.0 Å². The van der Waals surface area contributed by atoms with Crippen LogP contribution in [0.15, 0.2) is 61.1 Å². The largest absolute Gasteiger partial charge is 0.483 e. The molecule has 212 valence electrons. The van der Waals surface area contributed by atoms with E-state index in [0.29, 0.717) is 16.9 Å². The van der Waals surface area contributed by atoms with Gasteiger partial charge in [-0.25, -0.2) is 13.8 Å². The molecule has 4 unspecified atom stereocenters. The number of pyridine rings is 2. The fourth-order valence-corrected chi connectivity index (χ4v) is 4.94. The van der Waals surface area contributed by atoms with E-state index in [1.54, 1.807) is 30.6 Å². The number of rotatable bonds is 8. The van der Waals surface area contributed by atoms with Crippen LogP contribution < -0.4 is 10.1 Å². The minimum Gasteiger partial charge on any atom is -0.483 e. The van der Waals surface area contributed by atoms with Crippen molar-refractivity contribution in [2.24, 2.45) is 5.92 Å². The van der Waals surface area contributed by atoms with Crippen molar-refractivity contribution >= 4 is 17.6 Å². The molecule has 2 fully saturated rings. The molecule has 2 aliphatic rings. The molecule has 2 amide bonds. The predicted molar refractivity (Wildman–Crippen MR) is 142 cm³/mol. The number of carbonyl (C=O) groups is 2. The second-order valence-electron chi connectivity index (χ2n) is 10.1. The number of hydrogen-bond acceptors (Lipinski definition) is 8. The molecule has 1 saturated carbocycles. The molecule has 12 heteroatoms. The Bertz CT molecular complexity index is 1480. The SMILES string of the molecule is N#Cc1cc(-c2ccnc(NC(=O)C3CC3c3cccnc3)c2)ccc1OC1CCN(C(=O)C(O)CO)CC1(F)F. The van der Waals surface area contributed by atoms with Crippen molar-refractivity contribution in [3.63, 3.8) is 0 Å². The number of benzene rings is 1. The van der Waals surface area contributed by atoms with E-state index in [2.05, 4.69) is 15.3 Å². The van der Waals surface area contributed by atoms with E-state index in [1.807, 2.05) is 18.2 Å². The van der Waals surface area contributed by atoms with E-state index in [0.717, 1.165) is 16.9 Å². The van der Waals surface area contributed by atoms with Crippen LogP contribution in [-0.2, 0) is 9.59 Å². The average Bonchev–Trinajstić information content (AvgIpc) is 3.79. The number of amides is 2. The number of nitrogens with zero attached hydrogens (tertiary/aromatic N) is 4. The van der Waals surface area contributed by atoms with Gasteiger partial charge in [-0.3, -0.25) is 14.6 Å². The first-order chi connectivity index (χ1) is 19.7. The summed E-state index contributed by atoms with van der Waals surface area (Å²) >= 11 is 0. The maximum Gasteiger partial charge on any atom is 0.301 e. The van der Waals surface area contributed by atoms with Crippen LogP contribution >= 0.6 is 0 Å². The highest BCUT2D eigenvalue weighted by atomic mass is 19.3. The molecule has 1 aliphatic heterocycles. The minimum absolute atomic E-state index is 0.0335. The predicted octanol–water partition coefficient (Wildman–Crippen LogP) is 2.73. The maximum absolute atomic E-state index is 14.9. The number of halogens is 2. The number of alkyl halides is 2. The number of nitriles is 1. The van der Waals surface area contributed by atoms with Crippen LogP contribution in [-0.4, -0.2) is 74.7 Å². The van der Waals surface area contributed by atoms with Crippen LogP contribution in [0.4, 0.5) is 14.6 Å². The number of carbonyl (C=O) groups excluding carboxylic acids is 2. The second kappa shape index (κ2) is 11.6. The highest BCUT2D eigenvalue weighted by molar-refractivity contribution is 5.95. The third-order valence-corrected chi connectivity index (χ3v) is 7.26. The molecule has 3 N–H and O–H groups in total. The topological polar surface area (TPSA) is 149 Å². The van der Waals surface area contributed by atoms with Gasteiger partial charge in [0.25, 0.3) is 5.91 Å². The van der Waals surface area contributed by atoms with Gasteiger partial charge < -0.3 is 25.2 Å². The zero-order chi connectivity index (χ0) is 29.1. The third kappa shape index (κ3) is 6.16. The van der Waals surface area contributed by atoms with Crippen molar-refractivity contribution in [3.8, 4) is 22.9 Å². The van der Waals surface area contributed by atoms with E-state index in [1.165, 1.54) is 18.3 Å². The summed E-state index contributed by atoms with van der Waals surface area (Å²) in [5, 5.41) is 31.0. The van der Waals surface area contributed by atoms with Crippen LogP contribution in [0.5, 0.6) is 5.75 Å². The standard InChI is InChI=1S/C29H27F2N5O5/c30-29(31)16-36(28(40)23(38)15-37)9-6-25(29)41-24-4-3-17(10-20(24)13-32)18-5-8-34-26(11-18)35-27(39)22-12-21(22)19-2-1-7-33-14-19/h1-5,7-8,10-11,14,21-23,25,37-38H,6,9,12,15-16H2,(H,34,35,39). The third-order valence-electron chi connectivity index (χ3n) is 7.26. The molecular formula is C29H27F2N5O5. The van der Waals surface area contributed by atoms with Crippen LogP contribution in [0.3, 0.4) is 0 Å². The van der Waals surface area contributed by atoms with Gasteiger partial charge in [-0.15, -0.1) is 0 Å². The lowest BCUT2D eigenvalue weighted by Gasteiger charge is -2.38. The molecule has 0 radical (unpaired) electrons. The molecule has 1 aliphatic carbocycles. The van der Waals surface area contributed by atoms with Gasteiger partial charge in [0.1, 0.15) is 17.6 Å². The number of aliphatic hydroxyl groups is 2. The maximum atomic E-state index is 14.9. The van der Waals surface area contributed by atoms with Gasteiger partial charge in [0, 0.05) is 37.5 Å². The fraction of sp³-hybridized carbons (Fsp3) is 0.345. The van der Waals surface area contributed by atoms with E-state index >= 15 is 0 Å². The first kappa shape index (κ1) is 28.1. The molecule has 0 bridgehead atoms. The van der Waals surface area contributed by atoms with Crippen molar-refractivity contribution in [1.29, 1.82) is 5.26 Å². The van der Waals surface area contributed by atoms with Crippen LogP contribution in [0.25, 0.3) is 11.1 Å². The Morgan fingerprint density at radius 3 is 2.73 bits per heavy atom. The number of nitrogens with one attached hydrogen (secondary N) is 1.